The van der Waals surface area contributed by atoms with Gasteiger partial charge in [0.1, 0.15) is 0 Å². The second kappa shape index (κ2) is 13.1. The Hall–Kier alpha value is -3.12. The minimum absolute atomic E-state index is 0.0452. The highest BCUT2D eigenvalue weighted by atomic mass is 16.4. The van der Waals surface area contributed by atoms with E-state index in [0.717, 1.165) is 49.2 Å². The maximum Gasteiger partial charge on any atom is 0.409 e. The summed E-state index contributed by atoms with van der Waals surface area (Å²) in [5, 5.41) is 11.7. The zero-order valence-corrected chi connectivity index (χ0v) is 21.3. The van der Waals surface area contributed by atoms with E-state index >= 15 is 0 Å². The SMILES string of the molecule is CCCCCN1CCC(=C(c2ccc(C(=O)N(CC)CC)cc2)c2cccc(NC(=O)O)c2)CC1. The van der Waals surface area contributed by atoms with Gasteiger partial charge in [0.15, 0.2) is 0 Å². The third-order valence-corrected chi connectivity index (χ3v) is 6.76. The van der Waals surface area contributed by atoms with E-state index in [2.05, 4.69) is 17.1 Å². The molecule has 0 saturated carbocycles. The summed E-state index contributed by atoms with van der Waals surface area (Å²) in [6.07, 6.45) is 4.64. The summed E-state index contributed by atoms with van der Waals surface area (Å²) in [7, 11) is 0. The number of hydrogen-bond acceptors (Lipinski definition) is 3. The van der Waals surface area contributed by atoms with Crippen molar-refractivity contribution in [3.63, 3.8) is 0 Å². The largest absolute Gasteiger partial charge is 0.465 e. The summed E-state index contributed by atoms with van der Waals surface area (Å²) in [5.74, 6) is 0.0452. The van der Waals surface area contributed by atoms with Crippen molar-refractivity contribution in [1.82, 2.24) is 9.80 Å². The van der Waals surface area contributed by atoms with Gasteiger partial charge in [0.2, 0.25) is 0 Å². The number of benzene rings is 2. The monoisotopic (exact) mass is 477 g/mol. The number of carbonyl (C=O) groups is 2. The summed E-state index contributed by atoms with van der Waals surface area (Å²) in [6.45, 7) is 10.8. The van der Waals surface area contributed by atoms with Gasteiger partial charge in [-0.15, -0.1) is 0 Å². The molecule has 188 valence electrons. The fourth-order valence-corrected chi connectivity index (χ4v) is 4.81. The number of amides is 2. The van der Waals surface area contributed by atoms with Gasteiger partial charge in [-0.2, -0.15) is 0 Å². The fourth-order valence-electron chi connectivity index (χ4n) is 4.81. The molecular formula is C29H39N3O3. The Balaban J connectivity index is 1.93. The minimum atomic E-state index is -1.07. The van der Waals surface area contributed by atoms with Crippen molar-refractivity contribution in [1.29, 1.82) is 0 Å². The van der Waals surface area contributed by atoms with Crippen LogP contribution in [0.15, 0.2) is 54.1 Å². The highest BCUT2D eigenvalue weighted by Gasteiger charge is 2.20. The number of piperidine rings is 1. The average Bonchev–Trinajstić information content (AvgIpc) is 2.86. The van der Waals surface area contributed by atoms with Crippen LogP contribution in [0.5, 0.6) is 0 Å². The maximum atomic E-state index is 12.8. The number of carbonyl (C=O) groups excluding carboxylic acids is 1. The van der Waals surface area contributed by atoms with Crippen molar-refractivity contribution in [3.8, 4) is 0 Å². The molecule has 0 aliphatic carbocycles. The summed E-state index contributed by atoms with van der Waals surface area (Å²) in [6, 6.07) is 15.5. The van der Waals surface area contributed by atoms with E-state index in [9.17, 15) is 14.7 Å². The molecule has 2 amide bonds. The Kier molecular flexibility index (Phi) is 9.91. The predicted octanol–water partition coefficient (Wildman–Crippen LogP) is 6.35. The van der Waals surface area contributed by atoms with Crippen LogP contribution < -0.4 is 5.32 Å². The van der Waals surface area contributed by atoms with Gasteiger partial charge in [-0.3, -0.25) is 10.1 Å². The number of likely N-dealkylation sites (tertiary alicyclic amines) is 1. The molecule has 6 nitrogen and oxygen atoms in total. The van der Waals surface area contributed by atoms with Gasteiger partial charge >= 0.3 is 6.09 Å². The maximum absolute atomic E-state index is 12.8. The van der Waals surface area contributed by atoms with E-state index in [0.29, 0.717) is 24.3 Å². The third kappa shape index (κ3) is 7.18. The molecule has 1 aliphatic heterocycles. The van der Waals surface area contributed by atoms with E-state index in [1.165, 1.54) is 24.8 Å². The number of carboxylic acid groups (broad SMARTS) is 1. The first kappa shape index (κ1) is 26.5. The Morgan fingerprint density at radius 3 is 2.17 bits per heavy atom. The van der Waals surface area contributed by atoms with Gasteiger partial charge in [0.25, 0.3) is 5.91 Å². The Morgan fingerprint density at radius 1 is 0.914 bits per heavy atom. The van der Waals surface area contributed by atoms with Gasteiger partial charge < -0.3 is 14.9 Å². The molecule has 0 atom stereocenters. The Labute approximate surface area is 209 Å². The molecule has 1 heterocycles. The molecule has 1 fully saturated rings. The summed E-state index contributed by atoms with van der Waals surface area (Å²) in [5.41, 5.74) is 5.82. The molecular weight excluding hydrogens is 438 g/mol. The quantitative estimate of drug-likeness (QED) is 0.391. The molecule has 6 heteroatoms. The van der Waals surface area contributed by atoms with Crippen LogP contribution in [0, 0.1) is 0 Å². The Bertz CT molecular complexity index is 1020. The highest BCUT2D eigenvalue weighted by Crippen LogP contribution is 2.34. The molecule has 2 N–H and O–H groups in total. The second-order valence-corrected chi connectivity index (χ2v) is 9.09. The molecule has 35 heavy (non-hydrogen) atoms. The van der Waals surface area contributed by atoms with Crippen LogP contribution in [0.1, 0.15) is 74.4 Å². The van der Waals surface area contributed by atoms with Crippen LogP contribution in [0.2, 0.25) is 0 Å². The van der Waals surface area contributed by atoms with Crippen LogP contribution in [0.3, 0.4) is 0 Å². The van der Waals surface area contributed by atoms with Crippen molar-refractivity contribution in [2.45, 2.75) is 52.9 Å². The van der Waals surface area contributed by atoms with E-state index in [-0.39, 0.29) is 5.91 Å². The van der Waals surface area contributed by atoms with E-state index in [4.69, 9.17) is 0 Å². The highest BCUT2D eigenvalue weighted by molar-refractivity contribution is 5.95. The lowest BCUT2D eigenvalue weighted by Crippen LogP contribution is -2.32. The lowest BCUT2D eigenvalue weighted by atomic mass is 9.87. The van der Waals surface area contributed by atoms with Crippen molar-refractivity contribution in [3.05, 3.63) is 70.8 Å². The topological polar surface area (TPSA) is 72.9 Å². The average molecular weight is 478 g/mol. The van der Waals surface area contributed by atoms with Crippen molar-refractivity contribution in [2.75, 3.05) is 38.0 Å². The van der Waals surface area contributed by atoms with Gasteiger partial charge in [0.05, 0.1) is 0 Å². The van der Waals surface area contributed by atoms with E-state index in [1.807, 2.05) is 61.2 Å². The first-order valence-electron chi connectivity index (χ1n) is 12.9. The lowest BCUT2D eigenvalue weighted by Gasteiger charge is -2.30. The van der Waals surface area contributed by atoms with Gasteiger partial charge in [-0.1, -0.05) is 49.6 Å². The number of hydrogen-bond donors (Lipinski definition) is 2. The number of nitrogens with zero attached hydrogens (tertiary/aromatic N) is 2. The zero-order chi connectivity index (χ0) is 25.2. The van der Waals surface area contributed by atoms with E-state index < -0.39 is 6.09 Å². The zero-order valence-electron chi connectivity index (χ0n) is 21.3. The minimum Gasteiger partial charge on any atom is -0.465 e. The van der Waals surface area contributed by atoms with Gasteiger partial charge in [-0.05, 0) is 80.6 Å². The summed E-state index contributed by atoms with van der Waals surface area (Å²) < 4.78 is 0. The normalized spacial score (nSPS) is 14.0. The first-order valence-corrected chi connectivity index (χ1v) is 12.9. The van der Waals surface area contributed by atoms with E-state index in [1.54, 1.807) is 6.07 Å². The molecule has 1 aliphatic rings. The summed E-state index contributed by atoms with van der Waals surface area (Å²) >= 11 is 0. The molecule has 2 aromatic rings. The predicted molar refractivity (Wildman–Crippen MR) is 143 cm³/mol. The van der Waals surface area contributed by atoms with Crippen LogP contribution in [0.4, 0.5) is 10.5 Å². The fraction of sp³-hybridized carbons (Fsp3) is 0.448. The van der Waals surface area contributed by atoms with Crippen molar-refractivity contribution < 1.29 is 14.7 Å². The van der Waals surface area contributed by atoms with Gasteiger partial charge in [-0.25, -0.2) is 4.79 Å². The van der Waals surface area contributed by atoms with Crippen LogP contribution >= 0.6 is 0 Å². The number of nitrogens with one attached hydrogen (secondary N) is 1. The van der Waals surface area contributed by atoms with Crippen LogP contribution in [-0.2, 0) is 0 Å². The molecule has 0 bridgehead atoms. The van der Waals surface area contributed by atoms with Crippen LogP contribution in [-0.4, -0.2) is 59.6 Å². The standard InChI is InChI=1S/C29H39N3O3/c1-4-7-8-18-31-19-16-23(17-20-31)27(25-10-9-11-26(21-25)30-29(34)35)22-12-14-24(15-13-22)28(33)32(5-2)6-3/h9-15,21,30H,4-8,16-20H2,1-3H3,(H,34,35). The molecule has 0 unspecified atom stereocenters. The smallest absolute Gasteiger partial charge is 0.409 e. The van der Waals surface area contributed by atoms with Crippen molar-refractivity contribution >= 4 is 23.3 Å². The molecule has 0 spiro atoms. The van der Waals surface area contributed by atoms with Crippen LogP contribution in [0.25, 0.3) is 5.57 Å². The molecule has 0 aromatic heterocycles. The number of rotatable bonds is 10. The number of unbranched alkanes of at least 4 members (excludes halogenated alkanes) is 2. The lowest BCUT2D eigenvalue weighted by molar-refractivity contribution is 0.0773. The first-order chi connectivity index (χ1) is 17.0. The summed E-state index contributed by atoms with van der Waals surface area (Å²) in [4.78, 5) is 28.4. The van der Waals surface area contributed by atoms with Crippen molar-refractivity contribution in [2.24, 2.45) is 0 Å². The molecule has 3 rings (SSSR count). The van der Waals surface area contributed by atoms with Gasteiger partial charge in [0, 0.05) is 37.4 Å². The molecule has 2 aromatic carbocycles. The second-order valence-electron chi connectivity index (χ2n) is 9.09. The Morgan fingerprint density at radius 2 is 1.57 bits per heavy atom. The number of anilines is 1. The third-order valence-electron chi connectivity index (χ3n) is 6.76. The molecule has 1 saturated heterocycles. The molecule has 0 radical (unpaired) electrons.